The van der Waals surface area contributed by atoms with Gasteiger partial charge in [-0.1, -0.05) is 19.1 Å². The molecule has 0 saturated carbocycles. The Morgan fingerprint density at radius 1 is 1.11 bits per heavy atom. The number of nitrogens with one attached hydrogen (secondary N) is 1. The van der Waals surface area contributed by atoms with E-state index in [-0.39, 0.29) is 0 Å². The van der Waals surface area contributed by atoms with Crippen molar-refractivity contribution in [1.82, 2.24) is 10.2 Å². The SMILES string of the molecule is CCc1ccc(OCCCNCCN(C)C)cc1. The summed E-state index contributed by atoms with van der Waals surface area (Å²) in [4.78, 5) is 2.18. The molecular formula is C15H26N2O. The van der Waals surface area contributed by atoms with Crippen molar-refractivity contribution in [3.8, 4) is 5.75 Å². The lowest BCUT2D eigenvalue weighted by Gasteiger charge is -2.10. The van der Waals surface area contributed by atoms with Gasteiger partial charge in [0.25, 0.3) is 0 Å². The molecule has 0 amide bonds. The molecular weight excluding hydrogens is 224 g/mol. The molecule has 0 spiro atoms. The zero-order valence-electron chi connectivity index (χ0n) is 11.9. The normalized spacial score (nSPS) is 10.9. The molecule has 1 rings (SSSR count). The molecule has 0 bridgehead atoms. The molecule has 0 aliphatic rings. The summed E-state index contributed by atoms with van der Waals surface area (Å²) in [7, 11) is 4.18. The lowest BCUT2D eigenvalue weighted by Crippen LogP contribution is -2.27. The summed E-state index contributed by atoms with van der Waals surface area (Å²) in [6, 6.07) is 8.37. The van der Waals surface area contributed by atoms with Gasteiger partial charge in [0.15, 0.2) is 0 Å². The molecule has 0 atom stereocenters. The number of hydrogen-bond donors (Lipinski definition) is 1. The van der Waals surface area contributed by atoms with Crippen LogP contribution in [0.4, 0.5) is 0 Å². The minimum Gasteiger partial charge on any atom is -0.494 e. The number of benzene rings is 1. The van der Waals surface area contributed by atoms with E-state index in [0.29, 0.717) is 0 Å². The molecule has 18 heavy (non-hydrogen) atoms. The molecule has 0 aliphatic heterocycles. The molecule has 0 radical (unpaired) electrons. The first-order valence-corrected chi connectivity index (χ1v) is 6.79. The van der Waals surface area contributed by atoms with Crippen LogP contribution in [-0.2, 0) is 6.42 Å². The van der Waals surface area contributed by atoms with Gasteiger partial charge in [-0.15, -0.1) is 0 Å². The zero-order chi connectivity index (χ0) is 13.2. The lowest BCUT2D eigenvalue weighted by molar-refractivity contribution is 0.306. The Bertz CT molecular complexity index is 309. The second-order valence-electron chi connectivity index (χ2n) is 4.75. The van der Waals surface area contributed by atoms with Gasteiger partial charge in [0.1, 0.15) is 5.75 Å². The summed E-state index contributed by atoms with van der Waals surface area (Å²) in [5.41, 5.74) is 1.35. The Morgan fingerprint density at radius 2 is 1.83 bits per heavy atom. The highest BCUT2D eigenvalue weighted by Crippen LogP contribution is 2.12. The van der Waals surface area contributed by atoms with Crippen molar-refractivity contribution in [3.05, 3.63) is 29.8 Å². The van der Waals surface area contributed by atoms with Crippen LogP contribution < -0.4 is 10.1 Å². The maximum Gasteiger partial charge on any atom is 0.119 e. The Balaban J connectivity index is 2.03. The van der Waals surface area contributed by atoms with E-state index in [4.69, 9.17) is 4.74 Å². The van der Waals surface area contributed by atoms with Crippen LogP contribution in [0.3, 0.4) is 0 Å². The number of likely N-dealkylation sites (N-methyl/N-ethyl adjacent to an activating group) is 1. The zero-order valence-corrected chi connectivity index (χ0v) is 11.9. The van der Waals surface area contributed by atoms with Gasteiger partial charge in [-0.05, 0) is 51.2 Å². The highest BCUT2D eigenvalue weighted by molar-refractivity contribution is 5.27. The van der Waals surface area contributed by atoms with Crippen LogP contribution in [0.5, 0.6) is 5.75 Å². The van der Waals surface area contributed by atoms with Crippen molar-refractivity contribution in [3.63, 3.8) is 0 Å². The molecule has 0 unspecified atom stereocenters. The van der Waals surface area contributed by atoms with Crippen LogP contribution in [0, 0.1) is 0 Å². The quantitative estimate of drug-likeness (QED) is 0.680. The highest BCUT2D eigenvalue weighted by Gasteiger charge is 1.95. The van der Waals surface area contributed by atoms with Crippen molar-refractivity contribution in [1.29, 1.82) is 0 Å². The minimum absolute atomic E-state index is 0.778. The first-order chi connectivity index (χ1) is 8.72. The molecule has 3 heteroatoms. The van der Waals surface area contributed by atoms with Crippen LogP contribution in [-0.4, -0.2) is 45.2 Å². The Hall–Kier alpha value is -1.06. The maximum atomic E-state index is 5.68. The predicted octanol–water partition coefficient (Wildman–Crippen LogP) is 2.17. The largest absolute Gasteiger partial charge is 0.494 e. The standard InChI is InChI=1S/C15H26N2O/c1-4-14-6-8-15(9-7-14)18-13-5-10-16-11-12-17(2)3/h6-9,16H,4-5,10-13H2,1-3H3. The van der Waals surface area contributed by atoms with Crippen molar-refractivity contribution in [2.24, 2.45) is 0 Å². The van der Waals surface area contributed by atoms with E-state index in [1.165, 1.54) is 5.56 Å². The van der Waals surface area contributed by atoms with Gasteiger partial charge in [-0.3, -0.25) is 0 Å². The van der Waals surface area contributed by atoms with E-state index < -0.39 is 0 Å². The van der Waals surface area contributed by atoms with Gasteiger partial charge in [0.2, 0.25) is 0 Å². The Morgan fingerprint density at radius 3 is 2.44 bits per heavy atom. The maximum absolute atomic E-state index is 5.68. The summed E-state index contributed by atoms with van der Waals surface area (Å²) in [6.07, 6.45) is 2.12. The van der Waals surface area contributed by atoms with Crippen molar-refractivity contribution in [2.75, 3.05) is 40.3 Å². The summed E-state index contributed by atoms with van der Waals surface area (Å²) < 4.78 is 5.68. The second kappa shape index (κ2) is 8.95. The van der Waals surface area contributed by atoms with Gasteiger partial charge in [0.05, 0.1) is 6.61 Å². The van der Waals surface area contributed by atoms with Gasteiger partial charge in [-0.2, -0.15) is 0 Å². The first kappa shape index (κ1) is 15.0. The van der Waals surface area contributed by atoms with Crippen LogP contribution in [0.25, 0.3) is 0 Å². The molecule has 3 nitrogen and oxygen atoms in total. The fourth-order valence-corrected chi connectivity index (χ4v) is 1.64. The van der Waals surface area contributed by atoms with Crippen LogP contribution in [0.1, 0.15) is 18.9 Å². The van der Waals surface area contributed by atoms with Crippen LogP contribution >= 0.6 is 0 Å². The molecule has 1 aromatic rings. The third-order valence-electron chi connectivity index (χ3n) is 2.83. The van der Waals surface area contributed by atoms with Crippen LogP contribution in [0.15, 0.2) is 24.3 Å². The van der Waals surface area contributed by atoms with E-state index in [0.717, 1.165) is 44.8 Å². The van der Waals surface area contributed by atoms with E-state index in [9.17, 15) is 0 Å². The van der Waals surface area contributed by atoms with Gasteiger partial charge >= 0.3 is 0 Å². The topological polar surface area (TPSA) is 24.5 Å². The smallest absolute Gasteiger partial charge is 0.119 e. The average molecular weight is 250 g/mol. The monoisotopic (exact) mass is 250 g/mol. The molecule has 1 N–H and O–H groups in total. The Kier molecular flexibility index (Phi) is 7.46. The van der Waals surface area contributed by atoms with Crippen molar-refractivity contribution in [2.45, 2.75) is 19.8 Å². The Labute approximate surface area is 111 Å². The van der Waals surface area contributed by atoms with Gasteiger partial charge in [-0.25, -0.2) is 0 Å². The molecule has 0 aromatic heterocycles. The third-order valence-corrected chi connectivity index (χ3v) is 2.83. The fourth-order valence-electron chi connectivity index (χ4n) is 1.64. The highest BCUT2D eigenvalue weighted by atomic mass is 16.5. The molecule has 102 valence electrons. The number of rotatable bonds is 9. The van der Waals surface area contributed by atoms with Crippen molar-refractivity contribution < 1.29 is 4.74 Å². The van der Waals surface area contributed by atoms with E-state index in [1.807, 2.05) is 0 Å². The van der Waals surface area contributed by atoms with Crippen LogP contribution in [0.2, 0.25) is 0 Å². The molecule has 0 fully saturated rings. The number of nitrogens with zero attached hydrogens (tertiary/aromatic N) is 1. The summed E-state index contributed by atoms with van der Waals surface area (Å²) in [5, 5.41) is 3.40. The summed E-state index contributed by atoms with van der Waals surface area (Å²) in [6.45, 7) is 6.08. The number of ether oxygens (including phenoxy) is 1. The lowest BCUT2D eigenvalue weighted by atomic mass is 10.2. The molecule has 0 saturated heterocycles. The summed E-state index contributed by atoms with van der Waals surface area (Å²) in [5.74, 6) is 0.973. The van der Waals surface area contributed by atoms with Gasteiger partial charge in [0, 0.05) is 13.1 Å². The van der Waals surface area contributed by atoms with Gasteiger partial charge < -0.3 is 15.0 Å². The number of aryl methyl sites for hydroxylation is 1. The molecule has 0 heterocycles. The average Bonchev–Trinajstić information content (AvgIpc) is 2.38. The first-order valence-electron chi connectivity index (χ1n) is 6.79. The summed E-state index contributed by atoms with van der Waals surface area (Å²) >= 11 is 0. The van der Waals surface area contributed by atoms with E-state index >= 15 is 0 Å². The van der Waals surface area contributed by atoms with E-state index in [2.05, 4.69) is 55.5 Å². The minimum atomic E-state index is 0.778. The fraction of sp³-hybridized carbons (Fsp3) is 0.600. The molecule has 1 aromatic carbocycles. The predicted molar refractivity (Wildman–Crippen MR) is 77.4 cm³/mol. The number of hydrogen-bond acceptors (Lipinski definition) is 3. The second-order valence-corrected chi connectivity index (χ2v) is 4.75. The van der Waals surface area contributed by atoms with E-state index in [1.54, 1.807) is 0 Å². The van der Waals surface area contributed by atoms with Crippen molar-refractivity contribution >= 4 is 0 Å². The third kappa shape index (κ3) is 6.62. The molecule has 0 aliphatic carbocycles.